The second-order valence-corrected chi connectivity index (χ2v) is 4.05. The number of nitrogens with two attached hydrogens (primary N) is 1. The Hall–Kier alpha value is -1.30. The van der Waals surface area contributed by atoms with Crippen molar-refractivity contribution in [3.8, 4) is 5.75 Å². The maximum Gasteiger partial charge on any atom is 0.306 e. The zero-order valence-corrected chi connectivity index (χ0v) is 7.64. The van der Waals surface area contributed by atoms with Gasteiger partial charge in [-0.1, -0.05) is 0 Å². The van der Waals surface area contributed by atoms with Crippen LogP contribution in [0.15, 0.2) is 18.2 Å². The minimum absolute atomic E-state index is 0.236. The minimum atomic E-state index is -3.71. The summed E-state index contributed by atoms with van der Waals surface area (Å²) in [4.78, 5) is 0. The van der Waals surface area contributed by atoms with E-state index < -0.39 is 15.9 Å². The number of rotatable bonds is 2. The van der Waals surface area contributed by atoms with Crippen LogP contribution in [0.25, 0.3) is 0 Å². The van der Waals surface area contributed by atoms with Crippen LogP contribution in [0.5, 0.6) is 5.75 Å². The Morgan fingerprint density at radius 3 is 2.62 bits per heavy atom. The van der Waals surface area contributed by atoms with Crippen molar-refractivity contribution in [2.75, 3.05) is 12.0 Å². The summed E-state index contributed by atoms with van der Waals surface area (Å²) >= 11 is 0. The van der Waals surface area contributed by atoms with Gasteiger partial charge in [0.1, 0.15) is 0 Å². The molecule has 0 amide bonds. The van der Waals surface area contributed by atoms with Crippen LogP contribution in [0.4, 0.5) is 10.1 Å². The summed E-state index contributed by atoms with van der Waals surface area (Å²) in [7, 11) is -3.71. The third-order valence-corrected chi connectivity index (χ3v) is 1.68. The predicted octanol–water partition coefficient (Wildman–Crippen LogP) is 0.746. The van der Waals surface area contributed by atoms with Gasteiger partial charge in [-0.2, -0.15) is 8.42 Å². The highest BCUT2D eigenvalue weighted by Gasteiger charge is 2.09. The minimum Gasteiger partial charge on any atom is -0.399 e. The lowest BCUT2D eigenvalue weighted by atomic mass is 10.3. The normalized spacial score (nSPS) is 11.2. The summed E-state index contributed by atoms with van der Waals surface area (Å²) in [6.07, 6.45) is 0.829. The van der Waals surface area contributed by atoms with Crippen LogP contribution in [0.3, 0.4) is 0 Å². The first-order valence-electron chi connectivity index (χ1n) is 3.33. The first kappa shape index (κ1) is 9.79. The topological polar surface area (TPSA) is 69.4 Å². The maximum absolute atomic E-state index is 12.9. The molecule has 0 atom stereocenters. The Balaban J connectivity index is 3.08. The Bertz CT molecular complexity index is 416. The highest BCUT2D eigenvalue weighted by molar-refractivity contribution is 7.86. The molecule has 0 heterocycles. The van der Waals surface area contributed by atoms with Gasteiger partial charge in [0.2, 0.25) is 0 Å². The molecule has 0 saturated carbocycles. The Kier molecular flexibility index (Phi) is 2.42. The van der Waals surface area contributed by atoms with Crippen LogP contribution < -0.4 is 9.92 Å². The van der Waals surface area contributed by atoms with Gasteiger partial charge in [0.25, 0.3) is 0 Å². The largest absolute Gasteiger partial charge is 0.399 e. The van der Waals surface area contributed by atoms with Crippen LogP contribution in [0.1, 0.15) is 0 Å². The van der Waals surface area contributed by atoms with Crippen molar-refractivity contribution in [1.29, 1.82) is 0 Å². The molecule has 0 saturated heterocycles. The summed E-state index contributed by atoms with van der Waals surface area (Å²) in [6.45, 7) is 0. The first-order valence-corrected chi connectivity index (χ1v) is 5.14. The van der Waals surface area contributed by atoms with E-state index in [0.29, 0.717) is 0 Å². The van der Waals surface area contributed by atoms with E-state index in [1.54, 1.807) is 0 Å². The molecule has 0 aromatic heterocycles. The smallest absolute Gasteiger partial charge is 0.306 e. The van der Waals surface area contributed by atoms with Gasteiger partial charge in [-0.25, -0.2) is 4.39 Å². The van der Waals surface area contributed by atoms with Crippen molar-refractivity contribution in [2.45, 2.75) is 0 Å². The number of halogens is 1. The SMILES string of the molecule is CS(=O)(=O)Oc1cc(N)ccc1F. The van der Waals surface area contributed by atoms with E-state index in [1.165, 1.54) is 6.07 Å². The van der Waals surface area contributed by atoms with Crippen LogP contribution in [0, 0.1) is 5.82 Å². The van der Waals surface area contributed by atoms with E-state index >= 15 is 0 Å². The quantitative estimate of drug-likeness (QED) is 0.571. The van der Waals surface area contributed by atoms with Gasteiger partial charge in [0, 0.05) is 11.8 Å². The molecule has 0 radical (unpaired) electrons. The standard InChI is InChI=1S/C7H8FNO3S/c1-13(10,11)12-7-4-5(9)2-3-6(7)8/h2-4H,9H2,1H3. The van der Waals surface area contributed by atoms with E-state index in [2.05, 4.69) is 4.18 Å². The summed E-state index contributed by atoms with van der Waals surface area (Å²) in [5, 5.41) is 0. The number of nitrogen functional groups attached to an aromatic ring is 1. The molecule has 1 aromatic rings. The molecule has 0 aliphatic carbocycles. The van der Waals surface area contributed by atoms with E-state index in [-0.39, 0.29) is 11.4 Å². The number of hydrogen-bond donors (Lipinski definition) is 1. The predicted molar refractivity (Wildman–Crippen MR) is 46.3 cm³/mol. The van der Waals surface area contributed by atoms with Crippen molar-refractivity contribution in [3.63, 3.8) is 0 Å². The molecular weight excluding hydrogens is 197 g/mol. The maximum atomic E-state index is 12.9. The molecule has 2 N–H and O–H groups in total. The lowest BCUT2D eigenvalue weighted by Crippen LogP contribution is -2.07. The molecule has 72 valence electrons. The zero-order valence-electron chi connectivity index (χ0n) is 6.82. The molecule has 13 heavy (non-hydrogen) atoms. The third kappa shape index (κ3) is 2.90. The highest BCUT2D eigenvalue weighted by atomic mass is 32.2. The summed E-state index contributed by atoms with van der Waals surface area (Å²) < 4.78 is 38.5. The molecule has 0 aliphatic heterocycles. The fourth-order valence-electron chi connectivity index (χ4n) is 0.747. The van der Waals surface area contributed by atoms with E-state index in [0.717, 1.165) is 18.4 Å². The van der Waals surface area contributed by atoms with Gasteiger partial charge in [-0.3, -0.25) is 0 Å². The third-order valence-electron chi connectivity index (χ3n) is 1.20. The molecule has 4 nitrogen and oxygen atoms in total. The summed E-state index contributed by atoms with van der Waals surface area (Å²) in [5.74, 6) is -1.15. The first-order chi connectivity index (χ1) is 5.88. The van der Waals surface area contributed by atoms with Crippen molar-refractivity contribution in [3.05, 3.63) is 24.0 Å². The fourth-order valence-corrected chi connectivity index (χ4v) is 1.20. The van der Waals surface area contributed by atoms with Crippen molar-refractivity contribution in [1.82, 2.24) is 0 Å². The Labute approximate surface area is 75.2 Å². The molecule has 0 bridgehead atoms. The van der Waals surface area contributed by atoms with Gasteiger partial charge >= 0.3 is 10.1 Å². The molecule has 0 spiro atoms. The van der Waals surface area contributed by atoms with Crippen molar-refractivity contribution in [2.24, 2.45) is 0 Å². The van der Waals surface area contributed by atoms with Gasteiger partial charge in [0.15, 0.2) is 11.6 Å². The van der Waals surface area contributed by atoms with E-state index in [9.17, 15) is 12.8 Å². The van der Waals surface area contributed by atoms with Gasteiger partial charge in [0.05, 0.1) is 6.26 Å². The highest BCUT2D eigenvalue weighted by Crippen LogP contribution is 2.20. The molecule has 6 heteroatoms. The average molecular weight is 205 g/mol. The Morgan fingerprint density at radius 1 is 1.46 bits per heavy atom. The fraction of sp³-hybridized carbons (Fsp3) is 0.143. The second kappa shape index (κ2) is 3.21. The van der Waals surface area contributed by atoms with E-state index in [1.807, 2.05) is 0 Å². The van der Waals surface area contributed by atoms with Crippen molar-refractivity contribution < 1.29 is 17.0 Å². The monoisotopic (exact) mass is 205 g/mol. The number of anilines is 1. The average Bonchev–Trinajstić information content (AvgIpc) is 1.94. The van der Waals surface area contributed by atoms with Crippen LogP contribution in [-0.4, -0.2) is 14.7 Å². The summed E-state index contributed by atoms with van der Waals surface area (Å²) in [6, 6.07) is 3.46. The second-order valence-electron chi connectivity index (χ2n) is 2.48. The molecule has 0 aliphatic rings. The summed E-state index contributed by atoms with van der Waals surface area (Å²) in [5.41, 5.74) is 5.54. The molecule has 0 unspecified atom stereocenters. The lowest BCUT2D eigenvalue weighted by molar-refractivity contribution is 0.467. The van der Waals surface area contributed by atoms with Gasteiger partial charge in [-0.05, 0) is 12.1 Å². The molecule has 0 fully saturated rings. The Morgan fingerprint density at radius 2 is 2.08 bits per heavy atom. The van der Waals surface area contributed by atoms with Crippen molar-refractivity contribution >= 4 is 15.8 Å². The zero-order chi connectivity index (χ0) is 10.1. The molecule has 1 rings (SSSR count). The molecular formula is C7H8FNO3S. The molecule has 1 aromatic carbocycles. The van der Waals surface area contributed by atoms with Crippen LogP contribution in [-0.2, 0) is 10.1 Å². The van der Waals surface area contributed by atoms with Crippen LogP contribution >= 0.6 is 0 Å². The lowest BCUT2D eigenvalue weighted by Gasteiger charge is -2.04. The van der Waals surface area contributed by atoms with Crippen LogP contribution in [0.2, 0.25) is 0 Å². The van der Waals surface area contributed by atoms with Gasteiger partial charge in [-0.15, -0.1) is 0 Å². The van der Waals surface area contributed by atoms with Gasteiger partial charge < -0.3 is 9.92 Å². The number of hydrogen-bond acceptors (Lipinski definition) is 4. The number of benzene rings is 1. The van der Waals surface area contributed by atoms with E-state index in [4.69, 9.17) is 5.73 Å².